The zero-order valence-corrected chi connectivity index (χ0v) is 21.5. The molecule has 37 heavy (non-hydrogen) atoms. The van der Waals surface area contributed by atoms with Gasteiger partial charge in [-0.3, -0.25) is 4.39 Å². The lowest BCUT2D eigenvalue weighted by Crippen LogP contribution is -2.49. The maximum absolute atomic E-state index is 12.7. The summed E-state index contributed by atoms with van der Waals surface area (Å²) in [5.74, 6) is 1.49. The fourth-order valence-electron chi connectivity index (χ4n) is 5.30. The minimum atomic E-state index is -0.427. The molecule has 0 spiro atoms. The summed E-state index contributed by atoms with van der Waals surface area (Å²) in [6, 6.07) is 10.4. The van der Waals surface area contributed by atoms with E-state index >= 15 is 0 Å². The van der Waals surface area contributed by atoms with Crippen molar-refractivity contribution in [3.63, 3.8) is 0 Å². The summed E-state index contributed by atoms with van der Waals surface area (Å²) < 4.78 is 30.6. The summed E-state index contributed by atoms with van der Waals surface area (Å²) in [6.07, 6.45) is 6.57. The smallest absolute Gasteiger partial charge is 0.160 e. The third-order valence-electron chi connectivity index (χ3n) is 7.53. The van der Waals surface area contributed by atoms with Crippen molar-refractivity contribution in [2.75, 3.05) is 40.0 Å². The highest BCUT2D eigenvalue weighted by Crippen LogP contribution is 2.45. The summed E-state index contributed by atoms with van der Waals surface area (Å²) in [5, 5.41) is 20.6. The first-order valence-electron chi connectivity index (χ1n) is 12.7. The van der Waals surface area contributed by atoms with Crippen molar-refractivity contribution in [3.05, 3.63) is 71.3 Å². The van der Waals surface area contributed by atoms with Crippen LogP contribution in [0, 0.1) is 5.92 Å². The van der Waals surface area contributed by atoms with Crippen molar-refractivity contribution in [1.82, 2.24) is 4.90 Å². The molecule has 2 N–H and O–H groups in total. The Balaban J connectivity index is 1.38. The molecule has 5 rings (SSSR count). The molecule has 0 saturated carbocycles. The summed E-state index contributed by atoms with van der Waals surface area (Å²) in [5.41, 5.74) is 4.08. The molecule has 2 heterocycles. The second-order valence-corrected chi connectivity index (χ2v) is 10.3. The van der Waals surface area contributed by atoms with Crippen LogP contribution in [-0.2, 0) is 4.74 Å². The molecule has 2 atom stereocenters. The normalized spacial score (nSPS) is 23.8. The van der Waals surface area contributed by atoms with Crippen LogP contribution in [-0.4, -0.2) is 66.8 Å². The lowest BCUT2D eigenvalue weighted by Gasteiger charge is -2.39. The van der Waals surface area contributed by atoms with Gasteiger partial charge in [-0.1, -0.05) is 24.3 Å². The van der Waals surface area contributed by atoms with Gasteiger partial charge >= 0.3 is 0 Å². The fraction of sp³-hybridized carbons (Fsp3) is 0.400. The summed E-state index contributed by atoms with van der Waals surface area (Å²) >= 11 is 0. The number of halogens is 1. The number of hydrogen-bond acceptors (Lipinski definition) is 6. The number of ether oxygens (including phenoxy) is 3. The lowest BCUT2D eigenvalue weighted by atomic mass is 9.83. The molecule has 0 bridgehead atoms. The molecule has 2 aromatic rings. The van der Waals surface area contributed by atoms with Crippen LogP contribution in [0.3, 0.4) is 0 Å². The van der Waals surface area contributed by atoms with Gasteiger partial charge in [0.25, 0.3) is 0 Å². The van der Waals surface area contributed by atoms with E-state index in [9.17, 15) is 14.6 Å². The van der Waals surface area contributed by atoms with Gasteiger partial charge in [-0.25, -0.2) is 0 Å². The van der Waals surface area contributed by atoms with Crippen LogP contribution >= 0.6 is 0 Å². The SMILES string of the molecule is COc1ccc(C2=C(C)c3cc(O)ccc3O[C@@H]2C2=CCC(C)(OCCN3CC(CF)C3)C=C2)cc1O. The number of phenols is 2. The van der Waals surface area contributed by atoms with E-state index in [-0.39, 0.29) is 24.1 Å². The Morgan fingerprint density at radius 2 is 1.97 bits per heavy atom. The van der Waals surface area contributed by atoms with E-state index < -0.39 is 11.7 Å². The number of likely N-dealkylation sites (tertiary alicyclic amines) is 1. The Hall–Kier alpha value is -3.29. The van der Waals surface area contributed by atoms with E-state index in [1.807, 2.05) is 13.0 Å². The van der Waals surface area contributed by atoms with E-state index in [4.69, 9.17) is 14.2 Å². The first-order valence-corrected chi connectivity index (χ1v) is 12.7. The number of nitrogens with zero attached hydrogens (tertiary/aromatic N) is 1. The van der Waals surface area contributed by atoms with Gasteiger partial charge in [0, 0.05) is 36.7 Å². The molecule has 2 aromatic carbocycles. The van der Waals surface area contributed by atoms with Gasteiger partial charge in [-0.2, -0.15) is 0 Å². The Morgan fingerprint density at radius 1 is 1.16 bits per heavy atom. The zero-order chi connectivity index (χ0) is 26.2. The molecule has 0 amide bonds. The monoisotopic (exact) mass is 507 g/mol. The van der Waals surface area contributed by atoms with Crippen molar-refractivity contribution in [1.29, 1.82) is 0 Å². The van der Waals surface area contributed by atoms with Crippen LogP contribution in [0.15, 0.2) is 60.2 Å². The average molecular weight is 508 g/mol. The van der Waals surface area contributed by atoms with Crippen LogP contribution in [0.2, 0.25) is 0 Å². The third kappa shape index (κ3) is 5.11. The first-order chi connectivity index (χ1) is 17.8. The number of methoxy groups -OCH3 is 1. The van der Waals surface area contributed by atoms with Gasteiger partial charge in [-0.05, 0) is 67.3 Å². The number of aromatic hydroxyl groups is 2. The van der Waals surface area contributed by atoms with E-state index in [1.165, 1.54) is 7.11 Å². The second-order valence-electron chi connectivity index (χ2n) is 10.3. The Bertz CT molecular complexity index is 1260. The van der Waals surface area contributed by atoms with Crippen LogP contribution in [0.1, 0.15) is 31.4 Å². The number of hydrogen-bond donors (Lipinski definition) is 2. The summed E-state index contributed by atoms with van der Waals surface area (Å²) in [7, 11) is 1.52. The molecule has 7 heteroatoms. The molecule has 3 aliphatic rings. The molecule has 0 aromatic heterocycles. The van der Waals surface area contributed by atoms with Crippen molar-refractivity contribution >= 4 is 11.1 Å². The van der Waals surface area contributed by atoms with Crippen molar-refractivity contribution in [2.45, 2.75) is 32.0 Å². The van der Waals surface area contributed by atoms with Gasteiger partial charge in [-0.15, -0.1) is 0 Å². The summed E-state index contributed by atoms with van der Waals surface area (Å²) in [4.78, 5) is 2.22. The highest BCUT2D eigenvalue weighted by atomic mass is 19.1. The molecular formula is C30H34FNO5. The van der Waals surface area contributed by atoms with Crippen LogP contribution in [0.4, 0.5) is 4.39 Å². The predicted molar refractivity (Wildman–Crippen MR) is 142 cm³/mol. The number of rotatable bonds is 8. The Kier molecular flexibility index (Phi) is 7.01. The first kappa shape index (κ1) is 25.4. The topological polar surface area (TPSA) is 71.4 Å². The Labute approximate surface area is 217 Å². The fourth-order valence-corrected chi connectivity index (χ4v) is 5.30. The van der Waals surface area contributed by atoms with Gasteiger partial charge in [0.2, 0.25) is 0 Å². The molecule has 2 aliphatic heterocycles. The highest BCUT2D eigenvalue weighted by molar-refractivity contribution is 5.97. The minimum Gasteiger partial charge on any atom is -0.508 e. The Morgan fingerprint density at radius 3 is 2.65 bits per heavy atom. The highest BCUT2D eigenvalue weighted by Gasteiger charge is 2.34. The second kappa shape index (κ2) is 10.2. The number of alkyl halides is 1. The third-order valence-corrected chi connectivity index (χ3v) is 7.53. The summed E-state index contributed by atoms with van der Waals surface area (Å²) in [6.45, 7) is 6.85. The van der Waals surface area contributed by atoms with Crippen LogP contribution in [0.25, 0.3) is 11.1 Å². The molecular weight excluding hydrogens is 473 g/mol. The van der Waals surface area contributed by atoms with Crippen molar-refractivity contribution < 1.29 is 28.8 Å². The molecule has 6 nitrogen and oxygen atoms in total. The van der Waals surface area contributed by atoms with E-state index in [1.54, 1.807) is 30.3 Å². The van der Waals surface area contributed by atoms with Crippen molar-refractivity contribution in [3.8, 4) is 23.0 Å². The maximum atomic E-state index is 12.7. The predicted octanol–water partition coefficient (Wildman–Crippen LogP) is 5.36. The van der Waals surface area contributed by atoms with Gasteiger partial charge in [0.05, 0.1) is 26.0 Å². The maximum Gasteiger partial charge on any atom is 0.160 e. The van der Waals surface area contributed by atoms with Crippen molar-refractivity contribution in [2.24, 2.45) is 5.92 Å². The van der Waals surface area contributed by atoms with Gasteiger partial charge in [0.15, 0.2) is 11.5 Å². The number of allylic oxidation sites excluding steroid dienone is 1. The molecule has 196 valence electrons. The molecule has 0 radical (unpaired) electrons. The van der Waals surface area contributed by atoms with E-state index in [0.29, 0.717) is 24.5 Å². The molecule has 1 fully saturated rings. The molecule has 1 aliphatic carbocycles. The van der Waals surface area contributed by atoms with Gasteiger partial charge in [0.1, 0.15) is 17.6 Å². The standard InChI is InChI=1S/C30H34FNO5/c1-19-24-15-23(33)5-7-26(24)37-29(28(19)22-4-6-27(35-3)25(34)14-22)21-8-10-30(2,11-9-21)36-13-12-32-17-20(16-31)18-32/h4-10,14-15,20,29,33-34H,11-13,16-18H2,1-3H3/t29-,30?/m1/s1. The molecule has 1 saturated heterocycles. The van der Waals surface area contributed by atoms with E-state index in [0.717, 1.165) is 47.5 Å². The van der Waals surface area contributed by atoms with Crippen LogP contribution < -0.4 is 9.47 Å². The number of benzene rings is 2. The largest absolute Gasteiger partial charge is 0.508 e. The minimum absolute atomic E-state index is 0.0509. The average Bonchev–Trinajstić information content (AvgIpc) is 2.86. The number of fused-ring (bicyclic) bond motifs is 1. The zero-order valence-electron chi connectivity index (χ0n) is 21.5. The van der Waals surface area contributed by atoms with Gasteiger partial charge < -0.3 is 29.3 Å². The quantitative estimate of drug-likeness (QED) is 0.501. The lowest BCUT2D eigenvalue weighted by molar-refractivity contribution is -0.0228. The number of phenolic OH excluding ortho intramolecular Hbond substituents is 2. The molecule has 1 unspecified atom stereocenters. The van der Waals surface area contributed by atoms with E-state index in [2.05, 4.69) is 30.1 Å². The van der Waals surface area contributed by atoms with Crippen LogP contribution in [0.5, 0.6) is 23.0 Å².